The molecule has 1 aliphatic carbocycles. The minimum Gasteiger partial charge on any atom is -0.354 e. The van der Waals surface area contributed by atoms with Crippen molar-refractivity contribution in [2.75, 3.05) is 31.1 Å². The first-order valence-electron chi connectivity index (χ1n) is 9.23. The maximum Gasteiger partial charge on any atom is 0.132 e. The van der Waals surface area contributed by atoms with Crippen LogP contribution in [-0.4, -0.2) is 46.2 Å². The smallest absolute Gasteiger partial charge is 0.132 e. The molecule has 2 fully saturated rings. The zero-order valence-electron chi connectivity index (χ0n) is 14.5. The molecular weight excluding hydrogens is 348 g/mol. The van der Waals surface area contributed by atoms with Gasteiger partial charge in [-0.25, -0.2) is 9.67 Å². The van der Waals surface area contributed by atoms with Crippen molar-refractivity contribution in [1.82, 2.24) is 25.3 Å². The number of pyridine rings is 1. The first-order valence-corrected chi connectivity index (χ1v) is 9.61. The number of nitrogens with one attached hydrogen (secondary N) is 1. The van der Waals surface area contributed by atoms with Gasteiger partial charge in [0.25, 0.3) is 0 Å². The highest BCUT2D eigenvalue weighted by atomic mass is 35.5. The number of halogens is 1. The van der Waals surface area contributed by atoms with Gasteiger partial charge in [-0.15, -0.1) is 5.10 Å². The third-order valence-corrected chi connectivity index (χ3v) is 5.64. The third-order valence-electron chi connectivity index (χ3n) is 5.25. The van der Waals surface area contributed by atoms with Crippen LogP contribution >= 0.6 is 11.6 Å². The van der Waals surface area contributed by atoms with Gasteiger partial charge >= 0.3 is 0 Å². The zero-order chi connectivity index (χ0) is 17.5. The van der Waals surface area contributed by atoms with Gasteiger partial charge in [-0.1, -0.05) is 22.9 Å². The van der Waals surface area contributed by atoms with E-state index in [4.69, 9.17) is 11.6 Å². The van der Waals surface area contributed by atoms with Crippen molar-refractivity contribution in [3.63, 3.8) is 0 Å². The molecule has 0 bridgehead atoms. The minimum atomic E-state index is 0.654. The van der Waals surface area contributed by atoms with Crippen molar-refractivity contribution in [3.8, 4) is 11.1 Å². The molecular formula is C19H21ClN6. The Morgan fingerprint density at radius 2 is 1.96 bits per heavy atom. The molecule has 134 valence electrons. The molecule has 0 unspecified atom stereocenters. The van der Waals surface area contributed by atoms with Gasteiger partial charge in [0.2, 0.25) is 0 Å². The normalized spacial score (nSPS) is 17.8. The minimum absolute atomic E-state index is 0.654. The van der Waals surface area contributed by atoms with Crippen LogP contribution in [0.15, 0.2) is 30.5 Å². The van der Waals surface area contributed by atoms with E-state index in [0.717, 1.165) is 66.6 Å². The van der Waals surface area contributed by atoms with Gasteiger partial charge in [0, 0.05) is 50.0 Å². The Labute approximate surface area is 157 Å². The second-order valence-electron chi connectivity index (χ2n) is 7.15. The molecule has 1 aromatic carbocycles. The molecule has 1 saturated carbocycles. The second kappa shape index (κ2) is 6.52. The summed E-state index contributed by atoms with van der Waals surface area (Å²) in [6, 6.07) is 8.29. The lowest BCUT2D eigenvalue weighted by Gasteiger charge is -2.28. The summed E-state index contributed by atoms with van der Waals surface area (Å²) in [5.41, 5.74) is 3.75. The van der Waals surface area contributed by atoms with Crippen LogP contribution in [0, 0.1) is 5.92 Å². The molecule has 1 aliphatic heterocycles. The Morgan fingerprint density at radius 1 is 1.12 bits per heavy atom. The summed E-state index contributed by atoms with van der Waals surface area (Å²) in [5, 5.41) is 12.6. The largest absolute Gasteiger partial charge is 0.354 e. The number of rotatable bonds is 4. The molecule has 3 heterocycles. The van der Waals surface area contributed by atoms with Crippen LogP contribution in [0.5, 0.6) is 0 Å². The van der Waals surface area contributed by atoms with Crippen LogP contribution in [0.2, 0.25) is 5.02 Å². The van der Waals surface area contributed by atoms with Crippen LogP contribution in [-0.2, 0) is 6.54 Å². The maximum absolute atomic E-state index is 6.67. The number of nitrogens with zero attached hydrogens (tertiary/aromatic N) is 5. The van der Waals surface area contributed by atoms with Gasteiger partial charge in [-0.05, 0) is 37.0 Å². The first-order chi connectivity index (χ1) is 12.8. The lowest BCUT2D eigenvalue weighted by molar-refractivity contribution is 0.559. The average molecular weight is 369 g/mol. The summed E-state index contributed by atoms with van der Waals surface area (Å²) in [7, 11) is 0. The molecule has 0 amide bonds. The average Bonchev–Trinajstić information content (AvgIpc) is 3.42. The second-order valence-corrected chi connectivity index (χ2v) is 7.53. The molecule has 1 saturated heterocycles. The number of piperazine rings is 1. The zero-order valence-corrected chi connectivity index (χ0v) is 15.3. The van der Waals surface area contributed by atoms with E-state index in [1.165, 1.54) is 12.8 Å². The molecule has 1 N–H and O–H groups in total. The molecule has 5 rings (SSSR count). The first kappa shape index (κ1) is 16.0. The molecule has 0 radical (unpaired) electrons. The Kier molecular flexibility index (Phi) is 4.02. The van der Waals surface area contributed by atoms with E-state index in [1.54, 1.807) is 0 Å². The number of benzene rings is 1. The summed E-state index contributed by atoms with van der Waals surface area (Å²) >= 11 is 6.67. The maximum atomic E-state index is 6.67. The van der Waals surface area contributed by atoms with Gasteiger partial charge < -0.3 is 10.2 Å². The van der Waals surface area contributed by atoms with Gasteiger partial charge in [0.05, 0.1) is 10.5 Å². The molecule has 3 aromatic rings. The van der Waals surface area contributed by atoms with Crippen molar-refractivity contribution in [3.05, 3.63) is 35.5 Å². The summed E-state index contributed by atoms with van der Waals surface area (Å²) in [4.78, 5) is 6.95. The highest BCUT2D eigenvalue weighted by Crippen LogP contribution is 2.35. The van der Waals surface area contributed by atoms with Crippen molar-refractivity contribution in [2.45, 2.75) is 19.4 Å². The number of hydrogen-bond donors (Lipinski definition) is 1. The van der Waals surface area contributed by atoms with E-state index in [-0.39, 0.29) is 0 Å². The lowest BCUT2D eigenvalue weighted by atomic mass is 10.1. The Bertz CT molecular complexity index is 925. The SMILES string of the molecule is Clc1c(-c2ccc(N3CCNCC3)nc2)ccc2c1nnn2CC1CC1. The van der Waals surface area contributed by atoms with Gasteiger partial charge in [0.1, 0.15) is 11.3 Å². The topological polar surface area (TPSA) is 58.9 Å². The lowest BCUT2D eigenvalue weighted by Crippen LogP contribution is -2.43. The summed E-state index contributed by atoms with van der Waals surface area (Å²) in [6.45, 7) is 4.92. The molecule has 2 aliphatic rings. The van der Waals surface area contributed by atoms with Crippen LogP contribution < -0.4 is 10.2 Å². The van der Waals surface area contributed by atoms with Gasteiger partial charge in [-0.2, -0.15) is 0 Å². The number of fused-ring (bicyclic) bond motifs is 1. The molecule has 6 nitrogen and oxygen atoms in total. The standard InChI is InChI=1S/C19H21ClN6/c20-18-15(4-5-16-19(18)23-24-26(16)12-13-1-2-13)14-3-6-17(22-11-14)25-9-7-21-8-10-25/h3-6,11,13,21H,1-2,7-10,12H2. The summed E-state index contributed by atoms with van der Waals surface area (Å²) in [5.74, 6) is 1.77. The van der Waals surface area contributed by atoms with Crippen LogP contribution in [0.1, 0.15) is 12.8 Å². The summed E-state index contributed by atoms with van der Waals surface area (Å²) < 4.78 is 1.98. The van der Waals surface area contributed by atoms with E-state index < -0.39 is 0 Å². The number of aromatic nitrogens is 4. The monoisotopic (exact) mass is 368 g/mol. The molecule has 0 atom stereocenters. The van der Waals surface area contributed by atoms with E-state index in [2.05, 4.69) is 49.8 Å². The molecule has 26 heavy (non-hydrogen) atoms. The van der Waals surface area contributed by atoms with Crippen LogP contribution in [0.4, 0.5) is 5.82 Å². The van der Waals surface area contributed by atoms with E-state index in [9.17, 15) is 0 Å². The Morgan fingerprint density at radius 3 is 2.69 bits per heavy atom. The number of anilines is 1. The van der Waals surface area contributed by atoms with E-state index in [0.29, 0.717) is 5.02 Å². The van der Waals surface area contributed by atoms with Crippen LogP contribution in [0.25, 0.3) is 22.2 Å². The highest BCUT2D eigenvalue weighted by molar-refractivity contribution is 6.37. The Hall–Kier alpha value is -2.18. The van der Waals surface area contributed by atoms with Crippen molar-refractivity contribution in [1.29, 1.82) is 0 Å². The van der Waals surface area contributed by atoms with E-state index >= 15 is 0 Å². The molecule has 0 spiro atoms. The molecule has 2 aromatic heterocycles. The predicted octanol–water partition coefficient (Wildman–Crippen LogP) is 2.97. The van der Waals surface area contributed by atoms with Gasteiger partial charge in [-0.3, -0.25) is 0 Å². The fourth-order valence-electron chi connectivity index (χ4n) is 3.53. The fourth-order valence-corrected chi connectivity index (χ4v) is 3.84. The third kappa shape index (κ3) is 2.93. The van der Waals surface area contributed by atoms with E-state index in [1.807, 2.05) is 10.9 Å². The van der Waals surface area contributed by atoms with Gasteiger partial charge in [0.15, 0.2) is 0 Å². The van der Waals surface area contributed by atoms with Crippen molar-refractivity contribution >= 4 is 28.5 Å². The number of hydrogen-bond acceptors (Lipinski definition) is 5. The van der Waals surface area contributed by atoms with Crippen molar-refractivity contribution in [2.24, 2.45) is 5.92 Å². The molecule has 7 heteroatoms. The van der Waals surface area contributed by atoms with Crippen molar-refractivity contribution < 1.29 is 0 Å². The van der Waals surface area contributed by atoms with Crippen LogP contribution in [0.3, 0.4) is 0 Å². The fraction of sp³-hybridized carbons (Fsp3) is 0.421. The quantitative estimate of drug-likeness (QED) is 0.767. The highest BCUT2D eigenvalue weighted by Gasteiger charge is 2.24. The Balaban J connectivity index is 1.45. The summed E-state index contributed by atoms with van der Waals surface area (Å²) in [6.07, 6.45) is 4.48. The predicted molar refractivity (Wildman–Crippen MR) is 104 cm³/mol.